The Morgan fingerprint density at radius 2 is 2.08 bits per heavy atom. The van der Waals surface area contributed by atoms with Gasteiger partial charge in [0.1, 0.15) is 5.69 Å². The highest BCUT2D eigenvalue weighted by molar-refractivity contribution is 5.93. The van der Waals surface area contributed by atoms with Gasteiger partial charge in [0.2, 0.25) is 0 Å². The van der Waals surface area contributed by atoms with Crippen molar-refractivity contribution in [3.63, 3.8) is 0 Å². The number of nitrogens with one attached hydrogen (secondary N) is 2. The molecule has 1 aliphatic carbocycles. The summed E-state index contributed by atoms with van der Waals surface area (Å²) in [6.45, 7) is 3.83. The van der Waals surface area contributed by atoms with Crippen LogP contribution in [0.3, 0.4) is 0 Å². The third-order valence-corrected chi connectivity index (χ3v) is 5.95. The Morgan fingerprint density at radius 1 is 1.35 bits per heavy atom. The van der Waals surface area contributed by atoms with Gasteiger partial charge in [-0.1, -0.05) is 24.3 Å². The highest BCUT2D eigenvalue weighted by Gasteiger charge is 2.53. The largest absolute Gasteiger partial charge is 0.378 e. The van der Waals surface area contributed by atoms with Gasteiger partial charge < -0.3 is 15.4 Å². The van der Waals surface area contributed by atoms with E-state index in [1.807, 2.05) is 19.1 Å². The van der Waals surface area contributed by atoms with Gasteiger partial charge in [0.15, 0.2) is 0 Å². The van der Waals surface area contributed by atoms with Gasteiger partial charge in [-0.05, 0) is 50.0 Å². The maximum atomic E-state index is 12.9. The van der Waals surface area contributed by atoms with Crippen molar-refractivity contribution in [3.05, 3.63) is 52.8 Å². The van der Waals surface area contributed by atoms with Crippen molar-refractivity contribution in [3.8, 4) is 0 Å². The summed E-state index contributed by atoms with van der Waals surface area (Å²) in [4.78, 5) is 12.9. The average Bonchev–Trinajstić information content (AvgIpc) is 3.11. The molecule has 1 saturated heterocycles. The molecule has 4 rings (SSSR count). The number of aromatic nitrogens is 2. The number of amides is 1. The Balaban J connectivity index is 1.71. The molecule has 2 heterocycles. The fraction of sp³-hybridized carbons (Fsp3) is 0.500. The first-order valence-electron chi connectivity index (χ1n) is 9.21. The van der Waals surface area contributed by atoms with E-state index in [1.165, 1.54) is 11.1 Å². The van der Waals surface area contributed by atoms with Crippen LogP contribution in [0.25, 0.3) is 0 Å². The minimum absolute atomic E-state index is 0.0447. The summed E-state index contributed by atoms with van der Waals surface area (Å²) in [7, 11) is 3.56. The Hall–Kier alpha value is -2.18. The molecule has 1 aliphatic heterocycles. The Bertz CT molecular complexity index is 823. The fourth-order valence-electron chi connectivity index (χ4n) is 4.84. The minimum atomic E-state index is -0.156. The van der Waals surface area contributed by atoms with Crippen LogP contribution in [0.15, 0.2) is 30.3 Å². The maximum absolute atomic E-state index is 12.9. The summed E-state index contributed by atoms with van der Waals surface area (Å²) in [6, 6.07) is 10.1. The van der Waals surface area contributed by atoms with Gasteiger partial charge in [-0.3, -0.25) is 9.48 Å². The van der Waals surface area contributed by atoms with Crippen LogP contribution in [0.1, 0.15) is 46.2 Å². The van der Waals surface area contributed by atoms with Gasteiger partial charge in [0.05, 0.1) is 17.8 Å². The van der Waals surface area contributed by atoms with Crippen molar-refractivity contribution in [1.29, 1.82) is 0 Å². The third-order valence-electron chi connectivity index (χ3n) is 5.95. The Kier molecular flexibility index (Phi) is 4.32. The average molecular weight is 354 g/mol. The van der Waals surface area contributed by atoms with E-state index < -0.39 is 0 Å². The van der Waals surface area contributed by atoms with Crippen LogP contribution in [-0.4, -0.2) is 42.0 Å². The van der Waals surface area contributed by atoms with Crippen LogP contribution >= 0.6 is 0 Å². The van der Waals surface area contributed by atoms with Crippen LogP contribution in [0.2, 0.25) is 0 Å². The summed E-state index contributed by atoms with van der Waals surface area (Å²) in [5.74, 6) is -0.110. The molecular formula is C20H26N4O2. The van der Waals surface area contributed by atoms with E-state index in [0.717, 1.165) is 31.6 Å². The highest BCUT2D eigenvalue weighted by Crippen LogP contribution is 2.51. The van der Waals surface area contributed by atoms with Gasteiger partial charge in [-0.25, -0.2) is 0 Å². The van der Waals surface area contributed by atoms with Crippen LogP contribution in [0.4, 0.5) is 0 Å². The first kappa shape index (κ1) is 17.2. The van der Waals surface area contributed by atoms with Crippen molar-refractivity contribution in [2.45, 2.75) is 37.3 Å². The van der Waals surface area contributed by atoms with E-state index in [-0.39, 0.29) is 23.5 Å². The van der Waals surface area contributed by atoms with Gasteiger partial charge in [0.25, 0.3) is 5.91 Å². The second kappa shape index (κ2) is 6.52. The number of methoxy groups -OCH3 is 1. The zero-order valence-corrected chi connectivity index (χ0v) is 15.6. The molecule has 6 heteroatoms. The molecule has 1 aromatic carbocycles. The first-order chi connectivity index (χ1) is 12.6. The predicted molar refractivity (Wildman–Crippen MR) is 99.2 cm³/mol. The molecule has 2 aliphatic rings. The van der Waals surface area contributed by atoms with E-state index in [4.69, 9.17) is 4.74 Å². The molecule has 1 fully saturated rings. The standard InChI is InChI=1S/C20H26N4O2/c1-13-12-16(24(2)23-13)19(25)22-17-14-6-4-5-7-15(14)20(18(17)26-3)8-10-21-11-9-20/h4-7,12,17-18,21H,8-11H2,1-3H3,(H,22,25)/t17-,18+/m0/s1. The van der Waals surface area contributed by atoms with Crippen LogP contribution < -0.4 is 10.6 Å². The number of nitrogens with zero attached hydrogens (tertiary/aromatic N) is 2. The lowest BCUT2D eigenvalue weighted by atomic mass is 9.72. The van der Waals surface area contributed by atoms with E-state index in [1.54, 1.807) is 18.8 Å². The smallest absolute Gasteiger partial charge is 0.270 e. The van der Waals surface area contributed by atoms with Crippen LogP contribution in [0.5, 0.6) is 0 Å². The van der Waals surface area contributed by atoms with E-state index >= 15 is 0 Å². The second-order valence-electron chi connectivity index (χ2n) is 7.40. The predicted octanol–water partition coefficient (Wildman–Crippen LogP) is 1.85. The Labute approximate surface area is 153 Å². The van der Waals surface area contributed by atoms with Crippen molar-refractivity contribution in [2.75, 3.05) is 20.2 Å². The summed E-state index contributed by atoms with van der Waals surface area (Å²) in [6.07, 6.45) is 1.96. The lowest BCUT2D eigenvalue weighted by molar-refractivity contribution is 0.00388. The van der Waals surface area contributed by atoms with E-state index in [9.17, 15) is 4.79 Å². The topological polar surface area (TPSA) is 68.2 Å². The lowest BCUT2D eigenvalue weighted by Gasteiger charge is -2.40. The molecule has 2 atom stereocenters. The molecule has 0 bridgehead atoms. The summed E-state index contributed by atoms with van der Waals surface area (Å²) in [5, 5.41) is 11.0. The normalized spacial score (nSPS) is 23.8. The molecule has 6 nitrogen and oxygen atoms in total. The number of ether oxygens (including phenoxy) is 1. The minimum Gasteiger partial charge on any atom is -0.378 e. The van der Waals surface area contributed by atoms with Crippen molar-refractivity contribution in [1.82, 2.24) is 20.4 Å². The van der Waals surface area contributed by atoms with Gasteiger partial charge >= 0.3 is 0 Å². The van der Waals surface area contributed by atoms with Gasteiger partial charge in [0, 0.05) is 19.6 Å². The fourth-order valence-corrected chi connectivity index (χ4v) is 4.84. The number of piperidine rings is 1. The second-order valence-corrected chi connectivity index (χ2v) is 7.40. The van der Waals surface area contributed by atoms with Crippen LogP contribution in [0, 0.1) is 6.92 Å². The SMILES string of the molecule is CO[C@@H]1[C@@H](NC(=O)c2cc(C)nn2C)c2ccccc2C12CCNCC2. The molecule has 138 valence electrons. The summed E-state index contributed by atoms with van der Waals surface area (Å²) >= 11 is 0. The molecular weight excluding hydrogens is 328 g/mol. The highest BCUT2D eigenvalue weighted by atomic mass is 16.5. The van der Waals surface area contributed by atoms with Gasteiger partial charge in [-0.15, -0.1) is 0 Å². The number of aryl methyl sites for hydroxylation is 2. The molecule has 1 aromatic heterocycles. The van der Waals surface area contributed by atoms with Crippen molar-refractivity contribution < 1.29 is 9.53 Å². The van der Waals surface area contributed by atoms with E-state index in [0.29, 0.717) is 5.69 Å². The molecule has 0 saturated carbocycles. The van der Waals surface area contributed by atoms with Gasteiger partial charge in [-0.2, -0.15) is 5.10 Å². The monoisotopic (exact) mass is 354 g/mol. The number of rotatable bonds is 3. The van der Waals surface area contributed by atoms with E-state index in [2.05, 4.69) is 33.9 Å². The molecule has 1 spiro atoms. The summed E-state index contributed by atoms with van der Waals surface area (Å²) < 4.78 is 7.64. The quantitative estimate of drug-likeness (QED) is 0.883. The maximum Gasteiger partial charge on any atom is 0.270 e. The molecule has 0 unspecified atom stereocenters. The Morgan fingerprint density at radius 3 is 2.73 bits per heavy atom. The number of fused-ring (bicyclic) bond motifs is 2. The number of carbonyl (C=O) groups excluding carboxylic acids is 1. The third kappa shape index (κ3) is 2.56. The van der Waals surface area contributed by atoms with Crippen molar-refractivity contribution >= 4 is 5.91 Å². The number of carbonyl (C=O) groups is 1. The molecule has 1 amide bonds. The summed E-state index contributed by atoms with van der Waals surface area (Å²) in [5.41, 5.74) is 3.86. The zero-order chi connectivity index (χ0) is 18.3. The van der Waals surface area contributed by atoms with Crippen LogP contribution in [-0.2, 0) is 17.2 Å². The molecule has 26 heavy (non-hydrogen) atoms. The number of hydrogen-bond acceptors (Lipinski definition) is 4. The molecule has 2 N–H and O–H groups in total. The zero-order valence-electron chi connectivity index (χ0n) is 15.6. The number of benzene rings is 1. The first-order valence-corrected chi connectivity index (χ1v) is 9.21. The molecule has 0 radical (unpaired) electrons. The number of hydrogen-bond donors (Lipinski definition) is 2. The van der Waals surface area contributed by atoms with Crippen molar-refractivity contribution in [2.24, 2.45) is 7.05 Å². The molecule has 2 aromatic rings. The lowest BCUT2D eigenvalue weighted by Crippen LogP contribution is -2.49.